The van der Waals surface area contributed by atoms with Crippen molar-refractivity contribution in [3.8, 4) is 0 Å². The van der Waals surface area contributed by atoms with Crippen LogP contribution in [-0.2, 0) is 16.6 Å². The van der Waals surface area contributed by atoms with Gasteiger partial charge in [-0.25, -0.2) is 13.1 Å². The first-order valence-corrected chi connectivity index (χ1v) is 9.04. The normalized spacial score (nSPS) is 12.2. The van der Waals surface area contributed by atoms with E-state index in [-0.39, 0.29) is 0 Å². The molecule has 0 aliphatic heterocycles. The van der Waals surface area contributed by atoms with Crippen molar-refractivity contribution in [3.63, 3.8) is 0 Å². The van der Waals surface area contributed by atoms with Gasteiger partial charge in [-0.05, 0) is 37.4 Å². The van der Waals surface area contributed by atoms with Crippen LogP contribution in [0.3, 0.4) is 0 Å². The molecule has 1 aromatic rings. The molecule has 1 heterocycles. The summed E-state index contributed by atoms with van der Waals surface area (Å²) in [6.07, 6.45) is 1.93. The van der Waals surface area contributed by atoms with Crippen LogP contribution in [0, 0.1) is 5.92 Å². The smallest absolute Gasteiger partial charge is 0.250 e. The molecule has 0 unspecified atom stereocenters. The van der Waals surface area contributed by atoms with Crippen LogP contribution in [0.2, 0.25) is 0 Å². The van der Waals surface area contributed by atoms with Crippen molar-refractivity contribution in [1.29, 1.82) is 0 Å². The Morgan fingerprint density at radius 3 is 2.63 bits per heavy atom. The van der Waals surface area contributed by atoms with Crippen molar-refractivity contribution in [2.75, 3.05) is 13.1 Å². The maximum atomic E-state index is 12.0. The zero-order chi connectivity index (χ0) is 14.3. The summed E-state index contributed by atoms with van der Waals surface area (Å²) in [7, 11) is -3.32. The fraction of sp³-hybridized carbons (Fsp3) is 0.692. The van der Waals surface area contributed by atoms with Crippen molar-refractivity contribution >= 4 is 21.4 Å². The van der Waals surface area contributed by atoms with Gasteiger partial charge in [0.25, 0.3) is 0 Å². The predicted octanol–water partition coefficient (Wildman–Crippen LogP) is 2.57. The number of thiophene rings is 1. The molecule has 0 aromatic carbocycles. The molecule has 0 fully saturated rings. The Hall–Kier alpha value is -0.430. The molecular weight excluding hydrogens is 280 g/mol. The highest BCUT2D eigenvalue weighted by Gasteiger charge is 2.16. The Balaban J connectivity index is 2.53. The number of nitrogens with one attached hydrogen (secondary N) is 2. The van der Waals surface area contributed by atoms with Crippen LogP contribution in [0.5, 0.6) is 0 Å². The Kier molecular flexibility index (Phi) is 6.99. The maximum Gasteiger partial charge on any atom is 0.250 e. The van der Waals surface area contributed by atoms with Crippen LogP contribution in [0.25, 0.3) is 0 Å². The fourth-order valence-electron chi connectivity index (χ4n) is 1.54. The van der Waals surface area contributed by atoms with Crippen molar-refractivity contribution < 1.29 is 8.42 Å². The topological polar surface area (TPSA) is 58.2 Å². The first-order chi connectivity index (χ1) is 8.95. The summed E-state index contributed by atoms with van der Waals surface area (Å²) in [6.45, 7) is 8.46. The van der Waals surface area contributed by atoms with Gasteiger partial charge in [-0.2, -0.15) is 0 Å². The molecule has 4 nitrogen and oxygen atoms in total. The lowest BCUT2D eigenvalue weighted by molar-refractivity contribution is 0.553. The van der Waals surface area contributed by atoms with Crippen LogP contribution >= 0.6 is 11.3 Å². The van der Waals surface area contributed by atoms with Crippen molar-refractivity contribution in [3.05, 3.63) is 17.0 Å². The van der Waals surface area contributed by atoms with E-state index in [1.165, 1.54) is 11.3 Å². The molecular formula is C13H24N2O2S2. The highest BCUT2D eigenvalue weighted by Crippen LogP contribution is 2.21. The third kappa shape index (κ3) is 6.03. The lowest BCUT2D eigenvalue weighted by atomic mass is 10.1. The molecule has 1 rings (SSSR count). The van der Waals surface area contributed by atoms with E-state index < -0.39 is 10.0 Å². The molecule has 0 bridgehead atoms. The van der Waals surface area contributed by atoms with Gasteiger partial charge in [0.2, 0.25) is 10.0 Å². The molecule has 0 amide bonds. The maximum absolute atomic E-state index is 12.0. The summed E-state index contributed by atoms with van der Waals surface area (Å²) < 4.78 is 27.1. The molecule has 0 saturated carbocycles. The molecule has 6 heteroatoms. The van der Waals surface area contributed by atoms with Crippen molar-refractivity contribution in [2.24, 2.45) is 5.92 Å². The SMILES string of the molecule is CCCNCc1ccc(S(=O)(=O)NCCC(C)C)s1. The van der Waals surface area contributed by atoms with Gasteiger partial charge in [0.15, 0.2) is 0 Å². The Labute approximate surface area is 120 Å². The average Bonchev–Trinajstić information content (AvgIpc) is 2.78. The van der Waals surface area contributed by atoms with Crippen molar-refractivity contribution in [2.45, 2.75) is 44.4 Å². The second-order valence-corrected chi connectivity index (χ2v) is 8.14. The van der Waals surface area contributed by atoms with Crippen LogP contribution in [0.4, 0.5) is 0 Å². The Morgan fingerprint density at radius 2 is 2.00 bits per heavy atom. The standard InChI is InChI=1S/C13H24N2O2S2/c1-4-8-14-10-12-5-6-13(18-12)19(16,17)15-9-7-11(2)3/h5-6,11,14-15H,4,7-10H2,1-3H3. The molecule has 0 saturated heterocycles. The molecule has 110 valence electrons. The average molecular weight is 304 g/mol. The second-order valence-electron chi connectivity index (χ2n) is 4.98. The molecule has 0 radical (unpaired) electrons. The number of hydrogen-bond acceptors (Lipinski definition) is 4. The van der Waals surface area contributed by atoms with E-state index in [1.807, 2.05) is 6.07 Å². The zero-order valence-electron chi connectivity index (χ0n) is 11.9. The van der Waals surface area contributed by atoms with E-state index in [9.17, 15) is 8.42 Å². The molecule has 2 N–H and O–H groups in total. The van der Waals surface area contributed by atoms with Crippen LogP contribution in [0.15, 0.2) is 16.3 Å². The molecule has 0 aliphatic rings. The molecule has 0 spiro atoms. The predicted molar refractivity (Wildman–Crippen MR) is 81.0 cm³/mol. The lowest BCUT2D eigenvalue weighted by Crippen LogP contribution is -2.24. The van der Waals surface area contributed by atoms with E-state index in [4.69, 9.17) is 0 Å². The van der Waals surface area contributed by atoms with Crippen molar-refractivity contribution in [1.82, 2.24) is 10.0 Å². The zero-order valence-corrected chi connectivity index (χ0v) is 13.5. The van der Waals surface area contributed by atoms with E-state index in [1.54, 1.807) is 6.07 Å². The number of hydrogen-bond donors (Lipinski definition) is 2. The van der Waals surface area contributed by atoms with Crippen LogP contribution in [-0.4, -0.2) is 21.5 Å². The minimum absolute atomic E-state index is 0.407. The minimum atomic E-state index is -3.32. The molecule has 1 aromatic heterocycles. The summed E-state index contributed by atoms with van der Waals surface area (Å²) in [4.78, 5) is 1.05. The van der Waals surface area contributed by atoms with Gasteiger partial charge in [0, 0.05) is 18.0 Å². The monoisotopic (exact) mass is 304 g/mol. The minimum Gasteiger partial charge on any atom is -0.312 e. The number of rotatable bonds is 9. The first-order valence-electron chi connectivity index (χ1n) is 6.74. The Morgan fingerprint density at radius 1 is 1.26 bits per heavy atom. The highest BCUT2D eigenvalue weighted by molar-refractivity contribution is 7.91. The summed E-state index contributed by atoms with van der Waals surface area (Å²) in [5.74, 6) is 0.500. The Bertz CT molecular complexity index is 467. The fourth-order valence-corrected chi connectivity index (χ4v) is 3.96. The van der Waals surface area contributed by atoms with E-state index in [0.717, 1.165) is 30.8 Å². The van der Waals surface area contributed by atoms with Gasteiger partial charge < -0.3 is 5.32 Å². The summed E-state index contributed by atoms with van der Waals surface area (Å²) >= 11 is 1.34. The van der Waals surface area contributed by atoms with E-state index in [0.29, 0.717) is 16.7 Å². The van der Waals surface area contributed by atoms with Gasteiger partial charge in [-0.1, -0.05) is 20.8 Å². The van der Waals surface area contributed by atoms with Gasteiger partial charge in [0.05, 0.1) is 0 Å². The molecule has 0 atom stereocenters. The highest BCUT2D eigenvalue weighted by atomic mass is 32.2. The van der Waals surface area contributed by atoms with E-state index >= 15 is 0 Å². The largest absolute Gasteiger partial charge is 0.312 e. The molecule has 0 aliphatic carbocycles. The van der Waals surface area contributed by atoms with Crippen LogP contribution in [0.1, 0.15) is 38.5 Å². The molecule has 19 heavy (non-hydrogen) atoms. The van der Waals surface area contributed by atoms with E-state index in [2.05, 4.69) is 30.8 Å². The summed E-state index contributed by atoms with van der Waals surface area (Å²) in [5.41, 5.74) is 0. The van der Waals surface area contributed by atoms with Gasteiger partial charge in [0.1, 0.15) is 4.21 Å². The summed E-state index contributed by atoms with van der Waals surface area (Å²) in [5, 5.41) is 3.27. The quantitative estimate of drug-likeness (QED) is 0.689. The first kappa shape index (κ1) is 16.6. The number of sulfonamides is 1. The third-order valence-corrected chi connectivity index (χ3v) is 5.68. The van der Waals surface area contributed by atoms with Gasteiger partial charge in [-0.3, -0.25) is 0 Å². The third-order valence-electron chi connectivity index (χ3n) is 2.64. The van der Waals surface area contributed by atoms with Gasteiger partial charge in [-0.15, -0.1) is 11.3 Å². The summed E-state index contributed by atoms with van der Waals surface area (Å²) in [6, 6.07) is 3.57. The second kappa shape index (κ2) is 7.99. The lowest BCUT2D eigenvalue weighted by Gasteiger charge is -2.06. The van der Waals surface area contributed by atoms with Crippen LogP contribution < -0.4 is 10.0 Å². The van der Waals surface area contributed by atoms with Gasteiger partial charge >= 0.3 is 0 Å².